The number of benzene rings is 1. The summed E-state index contributed by atoms with van der Waals surface area (Å²) in [6, 6.07) is 7.98. The van der Waals surface area contributed by atoms with Crippen molar-refractivity contribution >= 4 is 11.3 Å². The maximum atomic E-state index is 5.64. The van der Waals surface area contributed by atoms with Gasteiger partial charge in [-0.2, -0.15) is 0 Å². The van der Waals surface area contributed by atoms with E-state index < -0.39 is 0 Å². The molecule has 0 fully saturated rings. The summed E-state index contributed by atoms with van der Waals surface area (Å²) in [6.45, 7) is 1.11. The van der Waals surface area contributed by atoms with Gasteiger partial charge in [0.05, 0.1) is 10.6 Å². The van der Waals surface area contributed by atoms with Crippen LogP contribution >= 0.6 is 11.3 Å². The van der Waals surface area contributed by atoms with E-state index in [0.29, 0.717) is 13.2 Å². The van der Waals surface area contributed by atoms with Gasteiger partial charge in [-0.3, -0.25) is 0 Å². The standard InChI is InChI=1S/C11H10N2OS/c12-5-10-13-11-7-3-1-2-4-8(7)14-6-9(11)15-10/h1-4H,5-6,12H2. The number of hydrogen-bond acceptors (Lipinski definition) is 4. The number of fused-ring (bicyclic) bond motifs is 3. The number of para-hydroxylation sites is 1. The second-order valence-electron chi connectivity index (χ2n) is 3.37. The molecule has 2 heterocycles. The fourth-order valence-corrected chi connectivity index (χ4v) is 2.60. The molecule has 0 aliphatic carbocycles. The second-order valence-corrected chi connectivity index (χ2v) is 4.54. The minimum absolute atomic E-state index is 0.500. The molecule has 0 unspecified atom stereocenters. The maximum absolute atomic E-state index is 5.64. The maximum Gasteiger partial charge on any atom is 0.129 e. The smallest absolute Gasteiger partial charge is 0.129 e. The van der Waals surface area contributed by atoms with Crippen LogP contribution in [0.3, 0.4) is 0 Å². The van der Waals surface area contributed by atoms with Crippen molar-refractivity contribution in [3.05, 3.63) is 34.2 Å². The first-order valence-corrected chi connectivity index (χ1v) is 5.61. The van der Waals surface area contributed by atoms with Gasteiger partial charge in [-0.25, -0.2) is 4.98 Å². The summed E-state index contributed by atoms with van der Waals surface area (Å²) in [5.74, 6) is 0.916. The zero-order chi connectivity index (χ0) is 10.3. The van der Waals surface area contributed by atoms with Gasteiger partial charge in [-0.05, 0) is 12.1 Å². The van der Waals surface area contributed by atoms with Gasteiger partial charge in [-0.1, -0.05) is 12.1 Å². The molecule has 4 heteroatoms. The highest BCUT2D eigenvalue weighted by atomic mass is 32.1. The molecule has 15 heavy (non-hydrogen) atoms. The van der Waals surface area contributed by atoms with Gasteiger partial charge >= 0.3 is 0 Å². The highest BCUT2D eigenvalue weighted by Gasteiger charge is 2.20. The fraction of sp³-hybridized carbons (Fsp3) is 0.182. The number of hydrogen-bond donors (Lipinski definition) is 1. The lowest BCUT2D eigenvalue weighted by atomic mass is 10.1. The third kappa shape index (κ3) is 1.33. The first-order valence-electron chi connectivity index (χ1n) is 4.79. The molecule has 0 saturated carbocycles. The molecule has 3 rings (SSSR count). The molecule has 0 radical (unpaired) electrons. The molecule has 3 nitrogen and oxygen atoms in total. The van der Waals surface area contributed by atoms with E-state index in [1.54, 1.807) is 11.3 Å². The van der Waals surface area contributed by atoms with E-state index in [9.17, 15) is 0 Å². The van der Waals surface area contributed by atoms with Crippen LogP contribution in [0.5, 0.6) is 5.75 Å². The lowest BCUT2D eigenvalue weighted by molar-refractivity contribution is 0.305. The molecular weight excluding hydrogens is 208 g/mol. The number of aromatic nitrogens is 1. The van der Waals surface area contributed by atoms with Gasteiger partial charge in [0, 0.05) is 12.1 Å². The predicted molar refractivity (Wildman–Crippen MR) is 59.8 cm³/mol. The third-order valence-corrected chi connectivity index (χ3v) is 3.47. The molecule has 1 aromatic carbocycles. The summed E-state index contributed by atoms with van der Waals surface area (Å²) in [6.07, 6.45) is 0. The monoisotopic (exact) mass is 218 g/mol. The lowest BCUT2D eigenvalue weighted by Gasteiger charge is -2.15. The van der Waals surface area contributed by atoms with E-state index in [4.69, 9.17) is 10.5 Å². The van der Waals surface area contributed by atoms with Gasteiger partial charge in [0.15, 0.2) is 0 Å². The quantitative estimate of drug-likeness (QED) is 0.798. The van der Waals surface area contributed by atoms with Crippen molar-refractivity contribution in [2.45, 2.75) is 13.2 Å². The molecule has 0 spiro atoms. The van der Waals surface area contributed by atoms with Crippen molar-refractivity contribution in [3.63, 3.8) is 0 Å². The largest absolute Gasteiger partial charge is 0.487 e. The van der Waals surface area contributed by atoms with Gasteiger partial charge in [0.1, 0.15) is 17.4 Å². The van der Waals surface area contributed by atoms with Crippen molar-refractivity contribution < 1.29 is 4.74 Å². The van der Waals surface area contributed by atoms with Crippen LogP contribution in [0.2, 0.25) is 0 Å². The Hall–Kier alpha value is -1.39. The highest BCUT2D eigenvalue weighted by Crippen LogP contribution is 2.38. The second kappa shape index (κ2) is 3.32. The van der Waals surface area contributed by atoms with Crippen molar-refractivity contribution in [1.29, 1.82) is 0 Å². The zero-order valence-electron chi connectivity index (χ0n) is 8.06. The topological polar surface area (TPSA) is 48.1 Å². The minimum Gasteiger partial charge on any atom is -0.487 e. The lowest BCUT2D eigenvalue weighted by Crippen LogP contribution is -2.02. The zero-order valence-corrected chi connectivity index (χ0v) is 8.88. The van der Waals surface area contributed by atoms with Crippen LogP contribution in [-0.2, 0) is 13.2 Å². The molecule has 0 bridgehead atoms. The number of ether oxygens (including phenoxy) is 1. The van der Waals surface area contributed by atoms with Gasteiger partial charge in [-0.15, -0.1) is 11.3 Å². The van der Waals surface area contributed by atoms with Crippen molar-refractivity contribution in [2.75, 3.05) is 0 Å². The Morgan fingerprint density at radius 1 is 1.40 bits per heavy atom. The first kappa shape index (κ1) is 8.88. The normalized spacial score (nSPS) is 12.9. The first-order chi connectivity index (χ1) is 7.38. The number of thiazole rings is 1. The summed E-state index contributed by atoms with van der Waals surface area (Å²) >= 11 is 1.64. The average Bonchev–Trinajstić information content (AvgIpc) is 2.72. The van der Waals surface area contributed by atoms with Crippen LogP contribution in [-0.4, -0.2) is 4.98 Å². The number of nitrogens with zero attached hydrogens (tertiary/aromatic N) is 1. The van der Waals surface area contributed by atoms with Crippen LogP contribution < -0.4 is 10.5 Å². The minimum atomic E-state index is 0.500. The Morgan fingerprint density at radius 3 is 3.13 bits per heavy atom. The molecule has 0 atom stereocenters. The molecule has 2 aromatic rings. The Bertz CT molecular complexity index is 507. The Balaban J connectivity index is 2.20. The van der Waals surface area contributed by atoms with Gasteiger partial charge in [0.25, 0.3) is 0 Å². The van der Waals surface area contributed by atoms with Crippen LogP contribution in [0.15, 0.2) is 24.3 Å². The number of rotatable bonds is 1. The van der Waals surface area contributed by atoms with E-state index in [1.165, 1.54) is 4.88 Å². The van der Waals surface area contributed by atoms with E-state index >= 15 is 0 Å². The van der Waals surface area contributed by atoms with Crippen molar-refractivity contribution in [1.82, 2.24) is 4.98 Å². The predicted octanol–water partition coefficient (Wildman–Crippen LogP) is 2.16. The SMILES string of the molecule is NCc1nc2c(s1)COc1ccccc1-2. The molecule has 1 aliphatic rings. The van der Waals surface area contributed by atoms with E-state index in [1.807, 2.05) is 24.3 Å². The van der Waals surface area contributed by atoms with Gasteiger partial charge < -0.3 is 10.5 Å². The Morgan fingerprint density at radius 2 is 2.27 bits per heavy atom. The third-order valence-electron chi connectivity index (χ3n) is 2.42. The molecule has 0 amide bonds. The molecule has 1 aromatic heterocycles. The van der Waals surface area contributed by atoms with Crippen molar-refractivity contribution in [2.24, 2.45) is 5.73 Å². The average molecular weight is 218 g/mol. The van der Waals surface area contributed by atoms with Crippen LogP contribution in [0.25, 0.3) is 11.3 Å². The summed E-state index contributed by atoms with van der Waals surface area (Å²) in [7, 11) is 0. The number of nitrogens with two attached hydrogens (primary N) is 1. The molecule has 0 saturated heterocycles. The van der Waals surface area contributed by atoms with Crippen molar-refractivity contribution in [3.8, 4) is 17.0 Å². The fourth-order valence-electron chi connectivity index (χ4n) is 1.73. The summed E-state index contributed by atoms with van der Waals surface area (Å²) in [5, 5.41) is 0.973. The highest BCUT2D eigenvalue weighted by molar-refractivity contribution is 7.12. The van der Waals surface area contributed by atoms with Crippen LogP contribution in [0.1, 0.15) is 9.88 Å². The Labute approximate surface area is 91.5 Å². The Kier molecular flexibility index (Phi) is 1.97. The molecule has 76 valence electrons. The van der Waals surface area contributed by atoms with E-state index in [2.05, 4.69) is 4.98 Å². The molecule has 2 N–H and O–H groups in total. The van der Waals surface area contributed by atoms with Gasteiger partial charge in [0.2, 0.25) is 0 Å². The van der Waals surface area contributed by atoms with E-state index in [-0.39, 0.29) is 0 Å². The summed E-state index contributed by atoms with van der Waals surface area (Å²) in [4.78, 5) is 5.70. The summed E-state index contributed by atoms with van der Waals surface area (Å²) in [5.41, 5.74) is 7.71. The molecular formula is C11H10N2OS. The van der Waals surface area contributed by atoms with Crippen LogP contribution in [0, 0.1) is 0 Å². The summed E-state index contributed by atoms with van der Waals surface area (Å²) < 4.78 is 5.64. The molecule has 1 aliphatic heterocycles. The van der Waals surface area contributed by atoms with Crippen LogP contribution in [0.4, 0.5) is 0 Å². The van der Waals surface area contributed by atoms with E-state index in [0.717, 1.165) is 22.0 Å².